The van der Waals surface area contributed by atoms with E-state index in [2.05, 4.69) is 4.98 Å². The van der Waals surface area contributed by atoms with Crippen LogP contribution in [0.2, 0.25) is 5.02 Å². The second-order valence-electron chi connectivity index (χ2n) is 3.80. The summed E-state index contributed by atoms with van der Waals surface area (Å²) in [6.45, 7) is 2.35. The zero-order valence-corrected chi connectivity index (χ0v) is 11.9. The number of nitrogens with zero attached hydrogens (tertiary/aromatic N) is 3. The van der Waals surface area contributed by atoms with E-state index in [1.165, 1.54) is 11.3 Å². The van der Waals surface area contributed by atoms with Gasteiger partial charge in [0.15, 0.2) is 10.8 Å². The largest absolute Gasteiger partial charge is 0.349 e. The van der Waals surface area contributed by atoms with Gasteiger partial charge in [-0.3, -0.25) is 4.79 Å². The Kier molecular flexibility index (Phi) is 4.05. The molecule has 0 saturated heterocycles. The van der Waals surface area contributed by atoms with Gasteiger partial charge >= 0.3 is 6.55 Å². The van der Waals surface area contributed by atoms with E-state index in [-0.39, 0.29) is 10.7 Å². The second kappa shape index (κ2) is 5.42. The van der Waals surface area contributed by atoms with Gasteiger partial charge in [-0.15, -0.1) is 0 Å². The van der Waals surface area contributed by atoms with Crippen molar-refractivity contribution in [3.63, 3.8) is 0 Å². The SMILES string of the molecule is CCN(CC)c1nc2c(s1)c(Cl)cc(=O)n2C(F)F. The molecule has 0 saturated carbocycles. The van der Waals surface area contributed by atoms with Crippen LogP contribution in [-0.2, 0) is 0 Å². The summed E-state index contributed by atoms with van der Waals surface area (Å²) in [5.41, 5.74) is -0.900. The summed E-state index contributed by atoms with van der Waals surface area (Å²) in [6.07, 6.45) is 0. The first-order chi connectivity index (χ1) is 8.99. The van der Waals surface area contributed by atoms with Gasteiger partial charge in [-0.2, -0.15) is 8.78 Å². The van der Waals surface area contributed by atoms with Crippen molar-refractivity contribution in [1.29, 1.82) is 0 Å². The summed E-state index contributed by atoms with van der Waals surface area (Å²) >= 11 is 7.15. The van der Waals surface area contributed by atoms with Crippen LogP contribution in [0.15, 0.2) is 10.9 Å². The molecule has 0 aromatic carbocycles. The van der Waals surface area contributed by atoms with Crippen LogP contribution in [0.5, 0.6) is 0 Å². The smallest absolute Gasteiger partial charge is 0.323 e. The van der Waals surface area contributed by atoms with Crippen molar-refractivity contribution in [1.82, 2.24) is 9.55 Å². The van der Waals surface area contributed by atoms with Gasteiger partial charge in [0.2, 0.25) is 0 Å². The highest BCUT2D eigenvalue weighted by molar-refractivity contribution is 7.22. The van der Waals surface area contributed by atoms with E-state index < -0.39 is 12.1 Å². The minimum absolute atomic E-state index is 0.0561. The van der Waals surface area contributed by atoms with Crippen LogP contribution < -0.4 is 10.5 Å². The van der Waals surface area contributed by atoms with Crippen molar-refractivity contribution in [3.05, 3.63) is 21.4 Å². The third-order valence-corrected chi connectivity index (χ3v) is 4.31. The zero-order valence-electron chi connectivity index (χ0n) is 10.4. The van der Waals surface area contributed by atoms with E-state index in [0.717, 1.165) is 6.07 Å². The number of aromatic nitrogens is 2. The Morgan fingerprint density at radius 3 is 2.63 bits per heavy atom. The molecule has 0 amide bonds. The van der Waals surface area contributed by atoms with Crippen LogP contribution in [0.3, 0.4) is 0 Å². The van der Waals surface area contributed by atoms with Gasteiger partial charge in [-0.05, 0) is 13.8 Å². The highest BCUT2D eigenvalue weighted by atomic mass is 35.5. The zero-order chi connectivity index (χ0) is 14.2. The maximum atomic E-state index is 12.9. The van der Waals surface area contributed by atoms with Gasteiger partial charge in [-0.25, -0.2) is 9.55 Å². The Labute approximate surface area is 117 Å². The number of halogens is 3. The van der Waals surface area contributed by atoms with Crippen LogP contribution in [0.1, 0.15) is 20.4 Å². The van der Waals surface area contributed by atoms with E-state index in [0.29, 0.717) is 27.5 Å². The van der Waals surface area contributed by atoms with Crippen molar-refractivity contribution in [2.75, 3.05) is 18.0 Å². The number of alkyl halides is 2. The Morgan fingerprint density at radius 2 is 2.11 bits per heavy atom. The molecule has 0 bridgehead atoms. The fourth-order valence-corrected chi connectivity index (χ4v) is 3.17. The highest BCUT2D eigenvalue weighted by Gasteiger charge is 2.20. The van der Waals surface area contributed by atoms with Crippen LogP contribution in [0.25, 0.3) is 10.3 Å². The summed E-state index contributed by atoms with van der Waals surface area (Å²) in [6, 6.07) is 1.00. The van der Waals surface area contributed by atoms with Crippen LogP contribution in [0.4, 0.5) is 13.9 Å². The van der Waals surface area contributed by atoms with Gasteiger partial charge < -0.3 is 4.90 Å². The summed E-state index contributed by atoms with van der Waals surface area (Å²) in [4.78, 5) is 17.6. The third kappa shape index (κ3) is 2.44. The maximum Gasteiger partial charge on any atom is 0.323 e. The molecule has 0 aliphatic carbocycles. The molecule has 19 heavy (non-hydrogen) atoms. The fraction of sp³-hybridized carbons (Fsp3) is 0.455. The number of hydrogen-bond acceptors (Lipinski definition) is 4. The predicted molar refractivity (Wildman–Crippen MR) is 73.7 cm³/mol. The minimum atomic E-state index is -2.93. The van der Waals surface area contributed by atoms with E-state index in [9.17, 15) is 13.6 Å². The summed E-state index contributed by atoms with van der Waals surface area (Å²) in [5, 5.41) is 0.745. The summed E-state index contributed by atoms with van der Waals surface area (Å²) in [7, 11) is 0. The van der Waals surface area contributed by atoms with Crippen molar-refractivity contribution in [3.8, 4) is 0 Å². The average molecular weight is 308 g/mol. The molecule has 0 spiro atoms. The molecule has 4 nitrogen and oxygen atoms in total. The number of anilines is 1. The lowest BCUT2D eigenvalue weighted by atomic mass is 10.4. The molecule has 0 aliphatic heterocycles. The van der Waals surface area contributed by atoms with Gasteiger partial charge in [0, 0.05) is 19.2 Å². The fourth-order valence-electron chi connectivity index (χ4n) is 1.79. The lowest BCUT2D eigenvalue weighted by Gasteiger charge is -2.16. The minimum Gasteiger partial charge on any atom is -0.349 e. The molecule has 0 N–H and O–H groups in total. The van der Waals surface area contributed by atoms with Crippen molar-refractivity contribution >= 4 is 38.4 Å². The quantitative estimate of drug-likeness (QED) is 0.869. The van der Waals surface area contributed by atoms with E-state index >= 15 is 0 Å². The molecule has 2 aromatic rings. The normalized spacial score (nSPS) is 11.5. The number of pyridine rings is 1. The molecule has 0 atom stereocenters. The van der Waals surface area contributed by atoms with Crippen LogP contribution in [-0.4, -0.2) is 22.6 Å². The lowest BCUT2D eigenvalue weighted by Crippen LogP contribution is -2.22. The van der Waals surface area contributed by atoms with E-state index in [4.69, 9.17) is 11.6 Å². The van der Waals surface area contributed by atoms with Crippen LogP contribution >= 0.6 is 22.9 Å². The molecular formula is C11H12ClF2N3OS. The number of thiazole rings is 1. The molecule has 8 heteroatoms. The summed E-state index contributed by atoms with van der Waals surface area (Å²) < 4.78 is 26.6. The molecule has 104 valence electrons. The topological polar surface area (TPSA) is 38.1 Å². The maximum absolute atomic E-state index is 12.9. The Balaban J connectivity index is 2.73. The predicted octanol–water partition coefficient (Wildman–Crippen LogP) is 3.35. The van der Waals surface area contributed by atoms with E-state index in [1.807, 2.05) is 18.7 Å². The van der Waals surface area contributed by atoms with Crippen molar-refractivity contribution in [2.45, 2.75) is 20.4 Å². The molecule has 2 heterocycles. The third-order valence-electron chi connectivity index (χ3n) is 2.76. The average Bonchev–Trinajstić information content (AvgIpc) is 2.75. The second-order valence-corrected chi connectivity index (χ2v) is 5.18. The van der Waals surface area contributed by atoms with Gasteiger partial charge in [0.1, 0.15) is 0 Å². The highest BCUT2D eigenvalue weighted by Crippen LogP contribution is 2.33. The first-order valence-electron chi connectivity index (χ1n) is 5.74. The number of fused-ring (bicyclic) bond motifs is 1. The first kappa shape index (κ1) is 14.2. The number of hydrogen-bond donors (Lipinski definition) is 0. The molecule has 0 radical (unpaired) electrons. The Morgan fingerprint density at radius 1 is 1.47 bits per heavy atom. The van der Waals surface area contributed by atoms with Crippen molar-refractivity contribution in [2.24, 2.45) is 0 Å². The monoisotopic (exact) mass is 307 g/mol. The van der Waals surface area contributed by atoms with E-state index in [1.54, 1.807) is 0 Å². The van der Waals surface area contributed by atoms with Gasteiger partial charge in [-0.1, -0.05) is 22.9 Å². The van der Waals surface area contributed by atoms with Gasteiger partial charge in [0.05, 0.1) is 9.72 Å². The molecular weight excluding hydrogens is 296 g/mol. The first-order valence-corrected chi connectivity index (χ1v) is 6.93. The molecule has 2 rings (SSSR count). The van der Waals surface area contributed by atoms with Crippen LogP contribution in [0, 0.1) is 0 Å². The molecule has 0 fully saturated rings. The number of rotatable bonds is 4. The molecule has 0 unspecified atom stereocenters. The lowest BCUT2D eigenvalue weighted by molar-refractivity contribution is 0.0709. The Bertz CT molecular complexity index is 651. The summed E-state index contributed by atoms with van der Waals surface area (Å²) in [5.74, 6) is 0. The molecule has 2 aromatic heterocycles. The Hall–Kier alpha value is -1.21. The van der Waals surface area contributed by atoms with Crippen molar-refractivity contribution < 1.29 is 8.78 Å². The standard InChI is InChI=1S/C11H12ClF2N3OS/c1-3-16(4-2)11-15-9-8(19-11)6(12)5-7(18)17(9)10(13)14/h5,10H,3-4H2,1-2H3. The van der Waals surface area contributed by atoms with Gasteiger partial charge in [0.25, 0.3) is 5.56 Å². The molecule has 0 aliphatic rings.